The number of aryl methyl sites for hydroxylation is 1. The summed E-state index contributed by atoms with van der Waals surface area (Å²) in [4.78, 5) is 0. The van der Waals surface area contributed by atoms with E-state index in [0.29, 0.717) is 6.61 Å². The first-order valence-corrected chi connectivity index (χ1v) is 6.81. The van der Waals surface area contributed by atoms with Gasteiger partial charge in [0.25, 0.3) is 0 Å². The molecule has 0 unspecified atom stereocenters. The fourth-order valence-corrected chi connectivity index (χ4v) is 1.95. The molecule has 2 aromatic carbocycles. The third-order valence-electron chi connectivity index (χ3n) is 2.99. The summed E-state index contributed by atoms with van der Waals surface area (Å²) in [5.41, 5.74) is 2.34. The molecule has 0 atom stereocenters. The highest BCUT2D eigenvalue weighted by Gasteiger charge is 2.04. The van der Waals surface area contributed by atoms with E-state index in [1.807, 2.05) is 36.4 Å². The maximum atomic E-state index is 5.98. The van der Waals surface area contributed by atoms with Crippen molar-refractivity contribution in [1.29, 1.82) is 0 Å². The summed E-state index contributed by atoms with van der Waals surface area (Å²) in [6.45, 7) is 4.37. The van der Waals surface area contributed by atoms with E-state index in [-0.39, 0.29) is 0 Å². The first-order valence-electron chi connectivity index (χ1n) is 6.81. The lowest BCUT2D eigenvalue weighted by Gasteiger charge is -2.12. The largest absolute Gasteiger partial charge is 0.457 e. The second-order valence-electron chi connectivity index (χ2n) is 4.70. The molecule has 0 aliphatic heterocycles. The Bertz CT molecular complexity index is 540. The highest BCUT2D eigenvalue weighted by Crippen LogP contribution is 2.25. The minimum Gasteiger partial charge on any atom is -0.457 e. The van der Waals surface area contributed by atoms with Crippen LogP contribution in [0.1, 0.15) is 11.1 Å². The Morgan fingerprint density at radius 1 is 1.05 bits per heavy atom. The number of nitrogens with one attached hydrogen (secondary N) is 1. The summed E-state index contributed by atoms with van der Waals surface area (Å²) in [6.07, 6.45) is 0. The number of hydrogen-bond acceptors (Lipinski definition) is 3. The Labute approximate surface area is 120 Å². The van der Waals surface area contributed by atoms with Gasteiger partial charge in [-0.2, -0.15) is 0 Å². The molecule has 3 heteroatoms. The monoisotopic (exact) mass is 271 g/mol. The Morgan fingerprint density at radius 2 is 1.90 bits per heavy atom. The van der Waals surface area contributed by atoms with Crippen molar-refractivity contribution in [1.82, 2.24) is 5.32 Å². The maximum Gasteiger partial charge on any atom is 0.131 e. The van der Waals surface area contributed by atoms with Crippen LogP contribution in [0.5, 0.6) is 11.5 Å². The molecule has 2 aromatic rings. The van der Waals surface area contributed by atoms with Gasteiger partial charge in [-0.1, -0.05) is 30.3 Å². The lowest BCUT2D eigenvalue weighted by atomic mass is 10.2. The van der Waals surface area contributed by atoms with E-state index in [1.54, 1.807) is 7.11 Å². The average Bonchev–Trinajstić information content (AvgIpc) is 2.45. The topological polar surface area (TPSA) is 30.5 Å². The number of benzene rings is 2. The predicted molar refractivity (Wildman–Crippen MR) is 81.3 cm³/mol. The van der Waals surface area contributed by atoms with E-state index < -0.39 is 0 Å². The van der Waals surface area contributed by atoms with Gasteiger partial charge >= 0.3 is 0 Å². The first kappa shape index (κ1) is 14.6. The van der Waals surface area contributed by atoms with E-state index >= 15 is 0 Å². The fraction of sp³-hybridized carbons (Fsp3) is 0.294. The van der Waals surface area contributed by atoms with Crippen molar-refractivity contribution in [3.8, 4) is 11.5 Å². The molecule has 0 aromatic heterocycles. The van der Waals surface area contributed by atoms with Crippen molar-refractivity contribution in [2.45, 2.75) is 13.5 Å². The standard InChI is InChI=1S/C17H21NO2/c1-14-6-5-8-16(12-14)20-17-9-4-3-7-15(17)13-18-10-11-19-2/h3-9,12,18H,10-11,13H2,1-2H3. The van der Waals surface area contributed by atoms with Crippen LogP contribution in [-0.2, 0) is 11.3 Å². The van der Waals surface area contributed by atoms with E-state index in [4.69, 9.17) is 9.47 Å². The molecule has 0 aliphatic carbocycles. The van der Waals surface area contributed by atoms with Crippen LogP contribution >= 0.6 is 0 Å². The summed E-state index contributed by atoms with van der Waals surface area (Å²) in [7, 11) is 1.70. The van der Waals surface area contributed by atoms with Crippen molar-refractivity contribution >= 4 is 0 Å². The van der Waals surface area contributed by atoms with Crippen LogP contribution < -0.4 is 10.1 Å². The summed E-state index contributed by atoms with van der Waals surface area (Å²) in [6, 6.07) is 16.2. The molecule has 0 bridgehead atoms. The molecule has 2 rings (SSSR count). The normalized spacial score (nSPS) is 10.5. The lowest BCUT2D eigenvalue weighted by Crippen LogP contribution is -2.18. The molecule has 3 nitrogen and oxygen atoms in total. The van der Waals surface area contributed by atoms with Crippen LogP contribution in [0.2, 0.25) is 0 Å². The maximum absolute atomic E-state index is 5.98. The number of ether oxygens (including phenoxy) is 2. The van der Waals surface area contributed by atoms with Gasteiger partial charge in [0.2, 0.25) is 0 Å². The minimum atomic E-state index is 0.709. The van der Waals surface area contributed by atoms with E-state index in [1.165, 1.54) is 5.56 Å². The number of hydrogen-bond donors (Lipinski definition) is 1. The predicted octanol–water partition coefficient (Wildman–Crippen LogP) is 3.52. The Hall–Kier alpha value is -1.84. The molecule has 0 saturated carbocycles. The van der Waals surface area contributed by atoms with Gasteiger partial charge in [-0.25, -0.2) is 0 Å². The number of para-hydroxylation sites is 1. The molecule has 0 heterocycles. The third kappa shape index (κ3) is 4.37. The molecule has 0 spiro atoms. The first-order chi connectivity index (χ1) is 9.79. The number of methoxy groups -OCH3 is 1. The van der Waals surface area contributed by atoms with Gasteiger partial charge in [0.15, 0.2) is 0 Å². The zero-order valence-electron chi connectivity index (χ0n) is 12.1. The highest BCUT2D eigenvalue weighted by molar-refractivity contribution is 5.38. The van der Waals surface area contributed by atoms with Gasteiger partial charge in [-0.05, 0) is 30.7 Å². The Kier molecular flexibility index (Phi) is 5.59. The highest BCUT2D eigenvalue weighted by atomic mass is 16.5. The van der Waals surface area contributed by atoms with E-state index in [2.05, 4.69) is 24.4 Å². The van der Waals surface area contributed by atoms with E-state index in [9.17, 15) is 0 Å². The molecule has 0 saturated heterocycles. The van der Waals surface area contributed by atoms with Gasteiger partial charge in [-0.3, -0.25) is 0 Å². The molecular weight excluding hydrogens is 250 g/mol. The van der Waals surface area contributed by atoms with Crippen molar-refractivity contribution in [3.05, 3.63) is 59.7 Å². The van der Waals surface area contributed by atoms with Crippen molar-refractivity contribution in [2.24, 2.45) is 0 Å². The van der Waals surface area contributed by atoms with Crippen molar-refractivity contribution in [2.75, 3.05) is 20.3 Å². The smallest absolute Gasteiger partial charge is 0.131 e. The second kappa shape index (κ2) is 7.68. The van der Waals surface area contributed by atoms with Gasteiger partial charge in [-0.15, -0.1) is 0 Å². The van der Waals surface area contributed by atoms with Crippen molar-refractivity contribution in [3.63, 3.8) is 0 Å². The molecule has 20 heavy (non-hydrogen) atoms. The summed E-state index contributed by atoms with van der Waals surface area (Å²) in [5.74, 6) is 1.76. The van der Waals surface area contributed by atoms with Crippen LogP contribution in [0.25, 0.3) is 0 Å². The van der Waals surface area contributed by atoms with Crippen LogP contribution in [0.15, 0.2) is 48.5 Å². The average molecular weight is 271 g/mol. The van der Waals surface area contributed by atoms with Gasteiger partial charge in [0, 0.05) is 25.8 Å². The minimum absolute atomic E-state index is 0.709. The quantitative estimate of drug-likeness (QED) is 0.782. The molecule has 0 fully saturated rings. The summed E-state index contributed by atoms with van der Waals surface area (Å²) in [5, 5.41) is 3.34. The Morgan fingerprint density at radius 3 is 2.70 bits per heavy atom. The summed E-state index contributed by atoms with van der Waals surface area (Å²) >= 11 is 0. The van der Waals surface area contributed by atoms with Crippen molar-refractivity contribution < 1.29 is 9.47 Å². The Balaban J connectivity index is 2.03. The SMILES string of the molecule is COCCNCc1ccccc1Oc1cccc(C)c1. The van der Waals surface area contributed by atoms with Gasteiger partial charge < -0.3 is 14.8 Å². The lowest BCUT2D eigenvalue weighted by molar-refractivity contribution is 0.199. The van der Waals surface area contributed by atoms with Crippen LogP contribution in [-0.4, -0.2) is 20.3 Å². The zero-order chi connectivity index (χ0) is 14.2. The fourth-order valence-electron chi connectivity index (χ4n) is 1.95. The van der Waals surface area contributed by atoms with E-state index in [0.717, 1.165) is 30.2 Å². The zero-order valence-corrected chi connectivity index (χ0v) is 12.1. The third-order valence-corrected chi connectivity index (χ3v) is 2.99. The van der Waals surface area contributed by atoms with Crippen LogP contribution in [0, 0.1) is 6.92 Å². The molecule has 0 aliphatic rings. The van der Waals surface area contributed by atoms with Gasteiger partial charge in [0.1, 0.15) is 11.5 Å². The molecule has 0 amide bonds. The summed E-state index contributed by atoms with van der Waals surface area (Å²) < 4.78 is 11.0. The second-order valence-corrected chi connectivity index (χ2v) is 4.70. The molecule has 106 valence electrons. The number of rotatable bonds is 7. The molecule has 0 radical (unpaired) electrons. The molecule has 1 N–H and O–H groups in total. The van der Waals surface area contributed by atoms with Gasteiger partial charge in [0.05, 0.1) is 6.61 Å². The van der Waals surface area contributed by atoms with Crippen LogP contribution in [0.3, 0.4) is 0 Å². The molecular formula is C17H21NO2. The van der Waals surface area contributed by atoms with Crippen LogP contribution in [0.4, 0.5) is 0 Å².